The molecule has 0 bridgehead atoms. The number of unbranched alkanes of at least 4 members (excludes halogenated alkanes) is 7. The van der Waals surface area contributed by atoms with Crippen LogP contribution in [0.3, 0.4) is 0 Å². The van der Waals surface area contributed by atoms with Crippen LogP contribution in [0.1, 0.15) is 64.7 Å². The first kappa shape index (κ1) is 15.8. The summed E-state index contributed by atoms with van der Waals surface area (Å²) in [4.78, 5) is 0. The quantitative estimate of drug-likeness (QED) is 0.374. The molecular formula is C14H26S3. The first-order chi connectivity index (χ1) is 8.36. The minimum Gasteiger partial charge on any atom is -0.141 e. The van der Waals surface area contributed by atoms with Gasteiger partial charge in [0.15, 0.2) is 0 Å². The molecule has 1 rings (SSSR count). The Labute approximate surface area is 121 Å². The molecule has 1 saturated heterocycles. The van der Waals surface area contributed by atoms with Crippen molar-refractivity contribution in [2.45, 2.75) is 74.5 Å². The molecule has 0 aromatic carbocycles. The van der Waals surface area contributed by atoms with Crippen LogP contribution >= 0.6 is 35.7 Å². The average molecular weight is 291 g/mol. The third-order valence-electron chi connectivity index (χ3n) is 3.26. The summed E-state index contributed by atoms with van der Waals surface area (Å²) in [6.07, 6.45) is 12.9. The van der Waals surface area contributed by atoms with Gasteiger partial charge in [-0.05, 0) is 6.42 Å². The van der Waals surface area contributed by atoms with Gasteiger partial charge in [0.25, 0.3) is 0 Å². The Hall–Kier alpha value is 0.790. The van der Waals surface area contributed by atoms with Crippen molar-refractivity contribution in [3.05, 3.63) is 0 Å². The summed E-state index contributed by atoms with van der Waals surface area (Å²) < 4.78 is 0.601. The van der Waals surface area contributed by atoms with Gasteiger partial charge in [0.05, 0.1) is 4.58 Å². The van der Waals surface area contributed by atoms with Gasteiger partial charge in [0.2, 0.25) is 0 Å². The molecule has 0 aliphatic carbocycles. The highest BCUT2D eigenvalue weighted by atomic mass is 32.2. The lowest BCUT2D eigenvalue weighted by atomic mass is 10.1. The average Bonchev–Trinajstić information content (AvgIpc) is 2.80. The zero-order valence-corrected chi connectivity index (χ0v) is 13.5. The number of thioether (sulfide) groups is 2. The molecule has 1 fully saturated rings. The van der Waals surface area contributed by atoms with E-state index in [2.05, 4.69) is 18.7 Å². The van der Waals surface area contributed by atoms with Crippen LogP contribution in [0.15, 0.2) is 0 Å². The monoisotopic (exact) mass is 290 g/mol. The van der Waals surface area contributed by atoms with E-state index in [1.54, 1.807) is 0 Å². The predicted molar refractivity (Wildman–Crippen MR) is 88.5 cm³/mol. The van der Waals surface area contributed by atoms with Gasteiger partial charge in [-0.3, -0.25) is 0 Å². The van der Waals surface area contributed by atoms with Crippen LogP contribution in [0.4, 0.5) is 0 Å². The largest absolute Gasteiger partial charge is 0.141 e. The Morgan fingerprint density at radius 3 is 2.29 bits per heavy atom. The van der Waals surface area contributed by atoms with E-state index in [0.717, 1.165) is 5.25 Å². The molecule has 0 N–H and O–H groups in total. The standard InChI is InChI=1S/C14H26S3/c1-2-3-4-5-6-7-8-9-10-13-12-16-14(11-15)17-13/h11,13-14H,2-10,12H2,1H3. The molecule has 0 saturated carbocycles. The highest BCUT2D eigenvalue weighted by molar-refractivity contribution is 8.22. The van der Waals surface area contributed by atoms with Gasteiger partial charge in [-0.25, -0.2) is 0 Å². The molecule has 0 spiro atoms. The number of hydrogen-bond donors (Lipinski definition) is 0. The van der Waals surface area contributed by atoms with Crippen LogP contribution in [-0.2, 0) is 0 Å². The maximum absolute atomic E-state index is 5.00. The van der Waals surface area contributed by atoms with E-state index in [1.165, 1.54) is 63.5 Å². The lowest BCUT2D eigenvalue weighted by Crippen LogP contribution is -2.00. The fraction of sp³-hybridized carbons (Fsp3) is 0.929. The van der Waals surface area contributed by atoms with Crippen molar-refractivity contribution in [1.29, 1.82) is 0 Å². The van der Waals surface area contributed by atoms with Gasteiger partial charge in [-0.1, -0.05) is 70.5 Å². The first-order valence-electron chi connectivity index (χ1n) is 7.09. The Balaban J connectivity index is 1.83. The summed E-state index contributed by atoms with van der Waals surface area (Å²) >= 11 is 9.12. The second-order valence-corrected chi connectivity index (χ2v) is 8.05. The molecule has 3 heteroatoms. The van der Waals surface area contributed by atoms with Crippen molar-refractivity contribution < 1.29 is 0 Å². The van der Waals surface area contributed by atoms with Crippen molar-refractivity contribution in [3.63, 3.8) is 0 Å². The summed E-state index contributed by atoms with van der Waals surface area (Å²) in [5, 5.41) is 2.81. The molecule has 1 aliphatic rings. The lowest BCUT2D eigenvalue weighted by molar-refractivity contribution is 0.565. The van der Waals surface area contributed by atoms with E-state index in [4.69, 9.17) is 12.2 Å². The predicted octanol–water partition coefficient (Wildman–Crippen LogP) is 5.69. The van der Waals surface area contributed by atoms with Crippen LogP contribution in [-0.4, -0.2) is 21.0 Å². The highest BCUT2D eigenvalue weighted by Crippen LogP contribution is 2.39. The van der Waals surface area contributed by atoms with Crippen molar-refractivity contribution in [3.8, 4) is 0 Å². The van der Waals surface area contributed by atoms with E-state index in [0.29, 0.717) is 4.58 Å². The zero-order valence-electron chi connectivity index (χ0n) is 11.0. The summed E-state index contributed by atoms with van der Waals surface area (Å²) in [5.41, 5.74) is 0. The molecule has 0 aromatic rings. The summed E-state index contributed by atoms with van der Waals surface area (Å²) in [6.45, 7) is 2.28. The van der Waals surface area contributed by atoms with Gasteiger partial charge in [0.1, 0.15) is 0 Å². The normalized spacial score (nSPS) is 24.1. The molecular weight excluding hydrogens is 264 g/mol. The van der Waals surface area contributed by atoms with E-state index < -0.39 is 0 Å². The topological polar surface area (TPSA) is 0 Å². The molecule has 0 nitrogen and oxygen atoms in total. The maximum Gasteiger partial charge on any atom is 0.0787 e. The van der Waals surface area contributed by atoms with Crippen molar-refractivity contribution in [2.75, 3.05) is 5.75 Å². The van der Waals surface area contributed by atoms with Crippen LogP contribution < -0.4 is 0 Å². The molecule has 1 aliphatic heterocycles. The van der Waals surface area contributed by atoms with E-state index in [9.17, 15) is 0 Å². The SMILES string of the molecule is CCCCCCCCCCC1CSC(C=S)S1. The number of hydrogen-bond acceptors (Lipinski definition) is 3. The first-order valence-corrected chi connectivity index (χ1v) is 9.55. The van der Waals surface area contributed by atoms with Crippen LogP contribution in [0, 0.1) is 0 Å². The van der Waals surface area contributed by atoms with Crippen LogP contribution in [0.5, 0.6) is 0 Å². The van der Waals surface area contributed by atoms with Gasteiger partial charge in [0, 0.05) is 16.4 Å². The molecule has 2 atom stereocenters. The summed E-state index contributed by atoms with van der Waals surface area (Å²) in [6, 6.07) is 0. The Bertz CT molecular complexity index is 194. The second-order valence-electron chi connectivity index (χ2n) is 4.86. The summed E-state index contributed by atoms with van der Waals surface area (Å²) in [7, 11) is 0. The minimum absolute atomic E-state index is 0.601. The molecule has 0 radical (unpaired) electrons. The maximum atomic E-state index is 5.00. The molecule has 1 heterocycles. The zero-order chi connectivity index (χ0) is 12.3. The van der Waals surface area contributed by atoms with E-state index in [1.807, 2.05) is 17.1 Å². The van der Waals surface area contributed by atoms with E-state index in [-0.39, 0.29) is 0 Å². The van der Waals surface area contributed by atoms with Crippen LogP contribution in [0.2, 0.25) is 0 Å². The van der Waals surface area contributed by atoms with E-state index >= 15 is 0 Å². The molecule has 100 valence electrons. The van der Waals surface area contributed by atoms with Gasteiger partial charge in [-0.15, -0.1) is 23.5 Å². The van der Waals surface area contributed by atoms with Gasteiger partial charge in [-0.2, -0.15) is 0 Å². The second kappa shape index (κ2) is 10.7. The van der Waals surface area contributed by atoms with Gasteiger partial charge >= 0.3 is 0 Å². The van der Waals surface area contributed by atoms with Crippen molar-refractivity contribution >= 4 is 41.1 Å². The Kier molecular flexibility index (Phi) is 9.96. The van der Waals surface area contributed by atoms with Crippen molar-refractivity contribution in [2.24, 2.45) is 0 Å². The smallest absolute Gasteiger partial charge is 0.0787 e. The minimum atomic E-state index is 0.601. The Morgan fingerprint density at radius 1 is 1.06 bits per heavy atom. The third-order valence-corrected chi connectivity index (χ3v) is 7.08. The number of rotatable bonds is 10. The molecule has 2 unspecified atom stereocenters. The highest BCUT2D eigenvalue weighted by Gasteiger charge is 2.23. The van der Waals surface area contributed by atoms with Gasteiger partial charge < -0.3 is 0 Å². The third kappa shape index (κ3) is 7.74. The molecule has 17 heavy (non-hydrogen) atoms. The van der Waals surface area contributed by atoms with Crippen molar-refractivity contribution in [1.82, 2.24) is 0 Å². The van der Waals surface area contributed by atoms with Crippen LogP contribution in [0.25, 0.3) is 0 Å². The molecule has 0 amide bonds. The fourth-order valence-corrected chi connectivity index (χ4v) is 5.59. The Morgan fingerprint density at radius 2 is 1.71 bits per heavy atom. The number of thiocarbonyl (C=S) groups is 1. The fourth-order valence-electron chi connectivity index (χ4n) is 2.20. The lowest BCUT2D eigenvalue weighted by Gasteiger charge is -2.07. The molecule has 0 aromatic heterocycles. The summed E-state index contributed by atoms with van der Waals surface area (Å²) in [5.74, 6) is 1.32.